The molecule has 0 unspecified atom stereocenters. The molecule has 30 heavy (non-hydrogen) atoms. The summed E-state index contributed by atoms with van der Waals surface area (Å²) in [7, 11) is -2.23. The van der Waals surface area contributed by atoms with Crippen LogP contribution in [0.5, 0.6) is 5.75 Å². The third-order valence-electron chi connectivity index (χ3n) is 4.84. The molecule has 2 bridgehead atoms. The van der Waals surface area contributed by atoms with Gasteiger partial charge in [0.15, 0.2) is 21.4 Å². The molecular weight excluding hydrogens is 404 g/mol. The number of hydrogen-bond acceptors (Lipinski definition) is 8. The number of nitrogens with zero attached hydrogens (tertiary/aromatic N) is 5. The highest BCUT2D eigenvalue weighted by atomic mass is 32.2. The van der Waals surface area contributed by atoms with E-state index in [2.05, 4.69) is 21.4 Å². The summed E-state index contributed by atoms with van der Waals surface area (Å²) in [6, 6.07) is 8.69. The van der Waals surface area contributed by atoms with Crippen LogP contribution in [0.3, 0.4) is 0 Å². The van der Waals surface area contributed by atoms with Gasteiger partial charge in [-0.2, -0.15) is 10.4 Å². The fourth-order valence-electron chi connectivity index (χ4n) is 3.37. The Morgan fingerprint density at radius 2 is 2.03 bits per heavy atom. The van der Waals surface area contributed by atoms with Gasteiger partial charge in [0.05, 0.1) is 16.2 Å². The summed E-state index contributed by atoms with van der Waals surface area (Å²) in [5.74, 6) is 0.291. The van der Waals surface area contributed by atoms with E-state index >= 15 is 0 Å². The number of fused-ring (bicyclic) bond motifs is 5. The number of hydrogen-bond donors (Lipinski definition) is 1. The maximum atomic E-state index is 13.1. The predicted octanol–water partition coefficient (Wildman–Crippen LogP) is 2.54. The Bertz CT molecular complexity index is 1350. The van der Waals surface area contributed by atoms with Gasteiger partial charge in [0.25, 0.3) is 0 Å². The Kier molecular flexibility index (Phi) is 4.55. The van der Waals surface area contributed by atoms with Gasteiger partial charge in [-0.05, 0) is 26.0 Å². The molecule has 0 saturated carbocycles. The van der Waals surface area contributed by atoms with Crippen LogP contribution in [0.15, 0.2) is 34.6 Å². The minimum atomic E-state index is -3.82. The van der Waals surface area contributed by atoms with Crippen molar-refractivity contribution in [1.29, 1.82) is 5.26 Å². The zero-order valence-corrected chi connectivity index (χ0v) is 17.3. The lowest BCUT2D eigenvalue weighted by Crippen LogP contribution is -2.12. The molecule has 0 aliphatic carbocycles. The topological polar surface area (TPSA) is 137 Å². The largest absolute Gasteiger partial charge is 0.482 e. The van der Waals surface area contributed by atoms with Crippen molar-refractivity contribution >= 4 is 21.7 Å². The van der Waals surface area contributed by atoms with Crippen molar-refractivity contribution in [2.24, 2.45) is 7.05 Å². The van der Waals surface area contributed by atoms with Crippen LogP contribution < -0.4 is 10.5 Å². The van der Waals surface area contributed by atoms with E-state index in [0.717, 1.165) is 11.0 Å². The van der Waals surface area contributed by atoms with Gasteiger partial charge < -0.3 is 10.5 Å². The molecule has 1 atom stereocenters. The summed E-state index contributed by atoms with van der Waals surface area (Å²) in [6.45, 7) is 3.61. The molecule has 3 aromatic rings. The molecule has 2 N–H and O–H groups in total. The minimum Gasteiger partial charge on any atom is -0.482 e. The number of nitriles is 1. The number of nitrogen functional groups attached to an aromatic ring is 1. The molecular formula is C20H18N6O3S. The Hall–Kier alpha value is -3.71. The fraction of sp³-hybridized carbons (Fsp3) is 0.200. The summed E-state index contributed by atoms with van der Waals surface area (Å²) < 4.78 is 33.6. The van der Waals surface area contributed by atoms with Gasteiger partial charge in [0.2, 0.25) is 0 Å². The maximum absolute atomic E-state index is 13.1. The van der Waals surface area contributed by atoms with E-state index < -0.39 is 15.9 Å². The second-order valence-electron chi connectivity index (χ2n) is 6.97. The molecule has 1 aliphatic rings. The monoisotopic (exact) mass is 422 g/mol. The molecule has 0 fully saturated rings. The molecule has 10 heteroatoms. The van der Waals surface area contributed by atoms with Crippen LogP contribution in [-0.4, -0.2) is 28.4 Å². The van der Waals surface area contributed by atoms with Gasteiger partial charge in [-0.25, -0.2) is 8.42 Å². The lowest BCUT2D eigenvalue weighted by Gasteiger charge is -2.20. The van der Waals surface area contributed by atoms with Gasteiger partial charge in [0, 0.05) is 24.1 Å². The smallest absolute Gasteiger partial charge is 0.200 e. The molecule has 2 aromatic heterocycles. The number of aromatic nitrogens is 4. The van der Waals surface area contributed by atoms with Gasteiger partial charge in [-0.1, -0.05) is 17.7 Å². The highest BCUT2D eigenvalue weighted by Crippen LogP contribution is 2.35. The van der Waals surface area contributed by atoms with E-state index in [0.29, 0.717) is 16.8 Å². The average Bonchev–Trinajstić information content (AvgIpc) is 3.02. The standard InChI is InChI=1S/C20H18N6O3S/c1-11-4-5-18-13(8-11)12(2)29-17-9-15(23-24-20(17)22)19-14(6-7-30(18,27)28)25-26(3)16(19)10-21/h4-9,12H,1-3H3,(H2,22,24)/b7-6+/t12-/m1/s1. The first-order valence-corrected chi connectivity index (χ1v) is 10.6. The van der Waals surface area contributed by atoms with Crippen LogP contribution >= 0.6 is 0 Å². The van der Waals surface area contributed by atoms with E-state index in [1.54, 1.807) is 38.2 Å². The molecule has 1 aromatic carbocycles. The normalized spacial score (nSPS) is 18.0. The number of ether oxygens (including phenoxy) is 1. The zero-order chi connectivity index (χ0) is 21.6. The third-order valence-corrected chi connectivity index (χ3v) is 6.32. The number of rotatable bonds is 0. The quantitative estimate of drug-likeness (QED) is 0.583. The van der Waals surface area contributed by atoms with Crippen molar-refractivity contribution in [2.45, 2.75) is 24.8 Å². The first kappa shape index (κ1) is 19.6. The van der Waals surface area contributed by atoms with Crippen molar-refractivity contribution in [1.82, 2.24) is 20.0 Å². The number of sulfone groups is 1. The predicted molar refractivity (Wildman–Crippen MR) is 110 cm³/mol. The first-order chi connectivity index (χ1) is 14.2. The Morgan fingerprint density at radius 3 is 2.77 bits per heavy atom. The van der Waals surface area contributed by atoms with Gasteiger partial charge in [-0.3, -0.25) is 4.68 Å². The second-order valence-corrected chi connectivity index (χ2v) is 8.77. The molecule has 3 heterocycles. The molecule has 1 aliphatic heterocycles. The molecule has 152 valence electrons. The second kappa shape index (κ2) is 6.96. The van der Waals surface area contributed by atoms with Crippen LogP contribution in [0.25, 0.3) is 17.3 Å². The van der Waals surface area contributed by atoms with Crippen molar-refractivity contribution in [3.05, 3.63) is 52.2 Å². The lowest BCUT2D eigenvalue weighted by atomic mass is 10.1. The Balaban J connectivity index is 2.07. The molecule has 9 nitrogen and oxygen atoms in total. The average molecular weight is 422 g/mol. The van der Waals surface area contributed by atoms with Gasteiger partial charge in [0.1, 0.15) is 23.6 Å². The number of nitrogens with two attached hydrogens (primary N) is 1. The molecule has 0 saturated heterocycles. The van der Waals surface area contributed by atoms with E-state index in [1.807, 2.05) is 6.92 Å². The molecule has 0 spiro atoms. The Morgan fingerprint density at radius 1 is 1.27 bits per heavy atom. The highest BCUT2D eigenvalue weighted by Gasteiger charge is 2.25. The van der Waals surface area contributed by atoms with Crippen LogP contribution in [0.2, 0.25) is 0 Å². The number of anilines is 1. The SMILES string of the molecule is Cc1ccc2c(c1)[C@@H](C)Oc1cc(nnc1N)-c1c(nn(C)c1C#N)/C=C/S2(=O)=O. The number of benzene rings is 1. The fourth-order valence-corrected chi connectivity index (χ4v) is 4.63. The van der Waals surface area contributed by atoms with Crippen molar-refractivity contribution in [3.8, 4) is 23.1 Å². The van der Waals surface area contributed by atoms with Crippen LogP contribution in [0.1, 0.15) is 35.5 Å². The van der Waals surface area contributed by atoms with Crippen LogP contribution in [0, 0.1) is 18.3 Å². The summed E-state index contributed by atoms with van der Waals surface area (Å²) in [5.41, 5.74) is 8.47. The van der Waals surface area contributed by atoms with E-state index in [9.17, 15) is 13.7 Å². The minimum absolute atomic E-state index is 0.0548. The van der Waals surface area contributed by atoms with Crippen molar-refractivity contribution in [3.63, 3.8) is 0 Å². The van der Waals surface area contributed by atoms with E-state index in [-0.39, 0.29) is 27.9 Å². The zero-order valence-electron chi connectivity index (χ0n) is 16.5. The van der Waals surface area contributed by atoms with Crippen molar-refractivity contribution in [2.75, 3.05) is 5.73 Å². The highest BCUT2D eigenvalue weighted by molar-refractivity contribution is 7.94. The lowest BCUT2D eigenvalue weighted by molar-refractivity contribution is 0.224. The van der Waals surface area contributed by atoms with Gasteiger partial charge >= 0.3 is 0 Å². The molecule has 0 radical (unpaired) electrons. The summed E-state index contributed by atoms with van der Waals surface area (Å²) in [6.07, 6.45) is 0.727. The van der Waals surface area contributed by atoms with Crippen molar-refractivity contribution < 1.29 is 13.2 Å². The van der Waals surface area contributed by atoms with Crippen LogP contribution in [0.4, 0.5) is 5.82 Å². The van der Waals surface area contributed by atoms with Gasteiger partial charge in [-0.15, -0.1) is 10.2 Å². The molecule has 4 rings (SSSR count). The summed E-state index contributed by atoms with van der Waals surface area (Å²) >= 11 is 0. The maximum Gasteiger partial charge on any atom is 0.200 e. The summed E-state index contributed by atoms with van der Waals surface area (Å²) in [4.78, 5) is 0.122. The van der Waals surface area contributed by atoms with Crippen LogP contribution in [-0.2, 0) is 16.9 Å². The Labute approximate surface area is 173 Å². The third kappa shape index (κ3) is 3.19. The van der Waals surface area contributed by atoms with E-state index in [4.69, 9.17) is 10.5 Å². The first-order valence-electron chi connectivity index (χ1n) is 9.02. The van der Waals surface area contributed by atoms with E-state index in [1.165, 1.54) is 10.8 Å². The number of aryl methyl sites for hydroxylation is 2. The molecule has 0 amide bonds. The summed E-state index contributed by atoms with van der Waals surface area (Å²) in [5, 5.41) is 23.0.